The Kier molecular flexibility index (Phi) is 7.21. The second-order valence-electron chi connectivity index (χ2n) is 5.79. The van der Waals surface area contributed by atoms with Gasteiger partial charge in [0.2, 0.25) is 0 Å². The number of aromatic nitrogens is 1. The summed E-state index contributed by atoms with van der Waals surface area (Å²) in [5.41, 5.74) is 0.0474. The number of hydrogen-bond acceptors (Lipinski definition) is 4. The summed E-state index contributed by atoms with van der Waals surface area (Å²) >= 11 is 0. The number of rotatable bonds is 7. The molecule has 1 heterocycles. The minimum atomic E-state index is -0.917. The minimum Gasteiger partial charge on any atom is -0.299 e. The van der Waals surface area contributed by atoms with Gasteiger partial charge >= 0.3 is 0 Å². The van der Waals surface area contributed by atoms with Crippen LogP contribution in [0.1, 0.15) is 18.2 Å². The lowest BCUT2D eigenvalue weighted by Gasteiger charge is -2.17. The van der Waals surface area contributed by atoms with E-state index in [9.17, 15) is 14.0 Å². The van der Waals surface area contributed by atoms with Crippen LogP contribution in [-0.4, -0.2) is 16.4 Å². The van der Waals surface area contributed by atoms with Gasteiger partial charge in [-0.3, -0.25) is 15.8 Å². The van der Waals surface area contributed by atoms with E-state index in [1.807, 2.05) is 0 Å². The van der Waals surface area contributed by atoms with Gasteiger partial charge in [0.1, 0.15) is 23.4 Å². The van der Waals surface area contributed by atoms with Crippen molar-refractivity contribution in [3.63, 3.8) is 0 Å². The summed E-state index contributed by atoms with van der Waals surface area (Å²) in [4.78, 5) is 4.21. The molecule has 6 heteroatoms. The van der Waals surface area contributed by atoms with Gasteiger partial charge < -0.3 is 0 Å². The van der Waals surface area contributed by atoms with Crippen LogP contribution in [0.15, 0.2) is 84.6 Å². The molecule has 1 aromatic carbocycles. The van der Waals surface area contributed by atoms with Gasteiger partial charge in [0.05, 0.1) is 11.4 Å². The summed E-state index contributed by atoms with van der Waals surface area (Å²) in [6, 6.07) is 9.62. The van der Waals surface area contributed by atoms with Crippen molar-refractivity contribution >= 4 is 17.0 Å². The first kappa shape index (κ1) is 21.3. The van der Waals surface area contributed by atoms with Gasteiger partial charge in [0.25, 0.3) is 0 Å². The Hall–Kier alpha value is -3.98. The summed E-state index contributed by atoms with van der Waals surface area (Å²) in [6.07, 6.45) is 7.94. The predicted octanol–water partition coefficient (Wildman–Crippen LogP) is 5.41. The molecule has 0 fully saturated rings. The molecule has 2 rings (SSSR count). The minimum absolute atomic E-state index is 0.0728. The van der Waals surface area contributed by atoms with Crippen LogP contribution < -0.4 is 0 Å². The van der Waals surface area contributed by atoms with Gasteiger partial charge in [-0.15, -0.1) is 0 Å². The fourth-order valence-corrected chi connectivity index (χ4v) is 2.68. The average molecular weight is 388 g/mol. The van der Waals surface area contributed by atoms with Crippen molar-refractivity contribution < 1.29 is 8.78 Å². The largest absolute Gasteiger partial charge is 0.299 e. The Morgan fingerprint density at radius 2 is 1.97 bits per heavy atom. The highest BCUT2D eigenvalue weighted by Gasteiger charge is 2.23. The van der Waals surface area contributed by atoms with E-state index < -0.39 is 17.3 Å². The van der Waals surface area contributed by atoms with Crippen LogP contribution in [-0.2, 0) is 0 Å². The number of hydrogen-bond donors (Lipinski definition) is 2. The van der Waals surface area contributed by atoms with E-state index in [-0.39, 0.29) is 28.1 Å². The molecule has 4 nitrogen and oxygen atoms in total. The number of halogens is 2. The molecule has 0 unspecified atom stereocenters. The van der Waals surface area contributed by atoms with Crippen molar-refractivity contribution in [2.75, 3.05) is 0 Å². The lowest BCUT2D eigenvalue weighted by molar-refractivity contribution is 0.581. The summed E-state index contributed by atoms with van der Waals surface area (Å²) in [5, 5.41) is 26.2. The second kappa shape index (κ2) is 9.81. The first-order chi connectivity index (χ1) is 13.9. The summed E-state index contributed by atoms with van der Waals surface area (Å²) in [5.74, 6) is -1.68. The molecular weight excluding hydrogens is 370 g/mol. The molecule has 1 aromatic heterocycles. The molecule has 0 aliphatic heterocycles. The van der Waals surface area contributed by atoms with Crippen LogP contribution in [0.25, 0.3) is 5.57 Å². The third kappa shape index (κ3) is 4.85. The van der Waals surface area contributed by atoms with Crippen molar-refractivity contribution in [2.45, 2.75) is 6.92 Å². The molecule has 0 saturated carbocycles. The molecule has 144 valence electrons. The lowest BCUT2D eigenvalue weighted by atomic mass is 9.87. The Morgan fingerprint density at radius 1 is 1.21 bits per heavy atom. The lowest BCUT2D eigenvalue weighted by Crippen LogP contribution is -2.14. The maximum Gasteiger partial charge on any atom is 0.142 e. The molecule has 0 aliphatic carbocycles. The summed E-state index contributed by atoms with van der Waals surface area (Å²) < 4.78 is 27.8. The number of pyridine rings is 1. The van der Waals surface area contributed by atoms with Crippen LogP contribution in [0.4, 0.5) is 8.78 Å². The van der Waals surface area contributed by atoms with Crippen LogP contribution in [0.5, 0.6) is 0 Å². The molecule has 0 bridgehead atoms. The van der Waals surface area contributed by atoms with Gasteiger partial charge in [-0.2, -0.15) is 5.26 Å². The van der Waals surface area contributed by atoms with Crippen LogP contribution in [0, 0.1) is 33.8 Å². The molecule has 0 aliphatic rings. The monoisotopic (exact) mass is 388 g/mol. The SMILES string of the molecule is C=C\C=C/C(=C\C)C(/C(=N)c1ccc(F)cc1F)=C(/C(=N)C#N)c1ccccn1. The second-order valence-corrected chi connectivity index (χ2v) is 5.79. The summed E-state index contributed by atoms with van der Waals surface area (Å²) in [6.45, 7) is 5.33. The maximum atomic E-state index is 14.4. The van der Waals surface area contributed by atoms with Crippen molar-refractivity contribution in [3.8, 4) is 6.07 Å². The highest BCUT2D eigenvalue weighted by atomic mass is 19.1. The van der Waals surface area contributed by atoms with Crippen molar-refractivity contribution in [1.29, 1.82) is 16.1 Å². The standard InChI is InChI=1S/C23H18F2N4/c1-3-5-8-15(4-2)21(23(28)17-11-10-16(24)13-18(17)25)22(19(27)14-26)20-9-6-7-12-29-20/h3-13,27-28H,1H2,2H3/b8-5-,15-4+,22-21+,27-19?,28-23?. The fourth-order valence-electron chi connectivity index (χ4n) is 2.68. The van der Waals surface area contributed by atoms with Crippen LogP contribution in [0.2, 0.25) is 0 Å². The van der Waals surface area contributed by atoms with Crippen LogP contribution >= 0.6 is 0 Å². The molecule has 0 radical (unpaired) electrons. The third-order valence-corrected chi connectivity index (χ3v) is 3.99. The Morgan fingerprint density at radius 3 is 2.52 bits per heavy atom. The number of benzene rings is 1. The highest BCUT2D eigenvalue weighted by molar-refractivity contribution is 6.36. The van der Waals surface area contributed by atoms with Crippen molar-refractivity contribution in [3.05, 3.63) is 108 Å². The van der Waals surface area contributed by atoms with E-state index in [2.05, 4.69) is 11.6 Å². The summed E-state index contributed by atoms with van der Waals surface area (Å²) in [7, 11) is 0. The number of nitriles is 1. The molecule has 0 amide bonds. The topological polar surface area (TPSA) is 84.4 Å². The van der Waals surface area contributed by atoms with E-state index in [4.69, 9.17) is 10.8 Å². The normalized spacial score (nSPS) is 12.3. The quantitative estimate of drug-likeness (QED) is 0.491. The molecule has 0 atom stereocenters. The van der Waals surface area contributed by atoms with E-state index in [1.54, 1.807) is 49.4 Å². The molecule has 2 N–H and O–H groups in total. The van der Waals surface area contributed by atoms with Gasteiger partial charge in [-0.05, 0) is 36.8 Å². The Labute approximate surface area is 167 Å². The van der Waals surface area contributed by atoms with Gasteiger partial charge in [-0.25, -0.2) is 8.78 Å². The molecule has 0 saturated heterocycles. The average Bonchev–Trinajstić information content (AvgIpc) is 2.73. The van der Waals surface area contributed by atoms with Gasteiger partial charge in [-0.1, -0.05) is 36.9 Å². The third-order valence-electron chi connectivity index (χ3n) is 3.99. The zero-order valence-corrected chi connectivity index (χ0v) is 15.7. The van der Waals surface area contributed by atoms with Gasteiger partial charge in [0.15, 0.2) is 0 Å². The molecule has 2 aromatic rings. The first-order valence-electron chi connectivity index (χ1n) is 8.59. The van der Waals surface area contributed by atoms with Crippen molar-refractivity contribution in [1.82, 2.24) is 4.98 Å². The van der Waals surface area contributed by atoms with E-state index >= 15 is 0 Å². The molecule has 0 spiro atoms. The molecular formula is C23H18F2N4. The number of nitrogens with one attached hydrogen (secondary N) is 2. The maximum absolute atomic E-state index is 14.4. The number of allylic oxidation sites excluding steroid dienone is 7. The Bertz CT molecular complexity index is 1090. The van der Waals surface area contributed by atoms with E-state index in [1.165, 1.54) is 12.3 Å². The number of nitrogens with zero attached hydrogens (tertiary/aromatic N) is 2. The first-order valence-corrected chi connectivity index (χ1v) is 8.59. The zero-order chi connectivity index (χ0) is 21.4. The van der Waals surface area contributed by atoms with Crippen molar-refractivity contribution in [2.24, 2.45) is 0 Å². The highest BCUT2D eigenvalue weighted by Crippen LogP contribution is 2.29. The van der Waals surface area contributed by atoms with Crippen LogP contribution in [0.3, 0.4) is 0 Å². The zero-order valence-electron chi connectivity index (χ0n) is 15.7. The predicted molar refractivity (Wildman–Crippen MR) is 111 cm³/mol. The van der Waals surface area contributed by atoms with E-state index in [0.29, 0.717) is 11.6 Å². The molecule has 29 heavy (non-hydrogen) atoms. The fraction of sp³-hybridized carbons (Fsp3) is 0.0435. The Balaban J connectivity index is 2.91. The smallest absolute Gasteiger partial charge is 0.142 e. The van der Waals surface area contributed by atoms with Gasteiger partial charge in [0, 0.05) is 29.0 Å². The van der Waals surface area contributed by atoms with E-state index in [0.717, 1.165) is 12.1 Å².